The summed E-state index contributed by atoms with van der Waals surface area (Å²) in [4.78, 5) is 0. The first-order chi connectivity index (χ1) is 8.34. The van der Waals surface area contributed by atoms with E-state index in [1.807, 2.05) is 0 Å². The van der Waals surface area contributed by atoms with Crippen molar-refractivity contribution in [2.24, 2.45) is 5.92 Å². The summed E-state index contributed by atoms with van der Waals surface area (Å²) in [7, 11) is 0. The zero-order valence-electron chi connectivity index (χ0n) is 10.1. The Morgan fingerprint density at radius 2 is 2.12 bits per heavy atom. The number of halogens is 1. The van der Waals surface area contributed by atoms with Crippen LogP contribution in [-0.2, 0) is 0 Å². The van der Waals surface area contributed by atoms with Crippen LogP contribution in [0.2, 0.25) is 0 Å². The number of hydrogen-bond donors (Lipinski definition) is 1. The van der Waals surface area contributed by atoms with Gasteiger partial charge in [-0.2, -0.15) is 0 Å². The Hall–Kier alpha value is -1.09. The molecule has 2 rings (SSSR count). The lowest BCUT2D eigenvalue weighted by atomic mass is 9.95. The van der Waals surface area contributed by atoms with E-state index < -0.39 is 0 Å². The fourth-order valence-corrected chi connectivity index (χ4v) is 2.26. The molecule has 94 valence electrons. The minimum absolute atomic E-state index is 0.217. The maximum atomic E-state index is 12.7. The maximum absolute atomic E-state index is 12.7. The molecule has 0 spiro atoms. The van der Waals surface area contributed by atoms with Crippen LogP contribution < -0.4 is 10.1 Å². The first-order valence-corrected chi connectivity index (χ1v) is 6.44. The van der Waals surface area contributed by atoms with Crippen LogP contribution in [0.25, 0.3) is 0 Å². The summed E-state index contributed by atoms with van der Waals surface area (Å²) in [5.41, 5.74) is 0. The van der Waals surface area contributed by atoms with Crippen molar-refractivity contribution in [3.8, 4) is 5.75 Å². The molecular weight excluding hydrogens is 217 g/mol. The van der Waals surface area contributed by atoms with Crippen molar-refractivity contribution in [3.05, 3.63) is 30.1 Å². The molecule has 1 fully saturated rings. The smallest absolute Gasteiger partial charge is 0.123 e. The molecule has 17 heavy (non-hydrogen) atoms. The van der Waals surface area contributed by atoms with Gasteiger partial charge in [-0.3, -0.25) is 0 Å². The van der Waals surface area contributed by atoms with Crippen molar-refractivity contribution in [1.82, 2.24) is 5.32 Å². The van der Waals surface area contributed by atoms with Crippen LogP contribution in [0.1, 0.15) is 25.7 Å². The minimum Gasteiger partial charge on any atom is -0.494 e. The predicted octanol–water partition coefficient (Wildman–Crippen LogP) is 2.98. The quantitative estimate of drug-likeness (QED) is 0.795. The summed E-state index contributed by atoms with van der Waals surface area (Å²) in [6, 6.07) is 6.22. The van der Waals surface area contributed by atoms with Crippen LogP contribution >= 0.6 is 0 Å². The summed E-state index contributed by atoms with van der Waals surface area (Å²) in [5, 5.41) is 3.42. The standard InChI is InChI=1S/C14H20FNO/c15-13-5-7-14(8-6-13)17-10-2-4-12-3-1-9-16-11-12/h5-8,12,16H,1-4,9-11H2. The van der Waals surface area contributed by atoms with E-state index in [0.717, 1.165) is 31.2 Å². The van der Waals surface area contributed by atoms with Crippen molar-refractivity contribution in [3.63, 3.8) is 0 Å². The molecule has 1 aliphatic rings. The molecule has 1 unspecified atom stereocenters. The molecule has 1 saturated heterocycles. The third kappa shape index (κ3) is 4.35. The van der Waals surface area contributed by atoms with Gasteiger partial charge in [0.25, 0.3) is 0 Å². The lowest BCUT2D eigenvalue weighted by molar-refractivity contribution is 0.275. The van der Waals surface area contributed by atoms with Gasteiger partial charge < -0.3 is 10.1 Å². The lowest BCUT2D eigenvalue weighted by Crippen LogP contribution is -2.29. The van der Waals surface area contributed by atoms with Crippen LogP contribution in [0, 0.1) is 11.7 Å². The van der Waals surface area contributed by atoms with Crippen molar-refractivity contribution in [1.29, 1.82) is 0 Å². The molecule has 0 bridgehead atoms. The summed E-state index contributed by atoms with van der Waals surface area (Å²) in [6.07, 6.45) is 4.92. The molecule has 1 aliphatic heterocycles. The number of benzene rings is 1. The van der Waals surface area contributed by atoms with Gasteiger partial charge in [-0.15, -0.1) is 0 Å². The van der Waals surface area contributed by atoms with Crippen LogP contribution in [-0.4, -0.2) is 19.7 Å². The number of hydrogen-bond acceptors (Lipinski definition) is 2. The first-order valence-electron chi connectivity index (χ1n) is 6.44. The Labute approximate surface area is 102 Å². The molecular formula is C14H20FNO. The molecule has 3 heteroatoms. The topological polar surface area (TPSA) is 21.3 Å². The number of rotatable bonds is 5. The summed E-state index contributed by atoms with van der Waals surface area (Å²) in [6.45, 7) is 3.04. The number of ether oxygens (including phenoxy) is 1. The summed E-state index contributed by atoms with van der Waals surface area (Å²) < 4.78 is 18.2. The second-order valence-electron chi connectivity index (χ2n) is 4.66. The van der Waals surface area contributed by atoms with E-state index in [0.29, 0.717) is 0 Å². The van der Waals surface area contributed by atoms with Gasteiger partial charge in [0.2, 0.25) is 0 Å². The molecule has 1 heterocycles. The van der Waals surface area contributed by atoms with Crippen LogP contribution in [0.5, 0.6) is 5.75 Å². The van der Waals surface area contributed by atoms with Gasteiger partial charge in [0, 0.05) is 0 Å². The molecule has 1 N–H and O–H groups in total. The molecule has 1 aromatic carbocycles. The van der Waals surface area contributed by atoms with E-state index in [2.05, 4.69) is 5.32 Å². The monoisotopic (exact) mass is 237 g/mol. The minimum atomic E-state index is -0.217. The summed E-state index contributed by atoms with van der Waals surface area (Å²) in [5.74, 6) is 1.35. The molecule has 1 atom stereocenters. The van der Waals surface area contributed by atoms with E-state index in [-0.39, 0.29) is 5.82 Å². The Balaban J connectivity index is 1.60. The molecule has 0 radical (unpaired) electrons. The maximum Gasteiger partial charge on any atom is 0.123 e. The average Bonchev–Trinajstić information content (AvgIpc) is 2.38. The first kappa shape index (κ1) is 12.4. The van der Waals surface area contributed by atoms with Crippen molar-refractivity contribution >= 4 is 0 Å². The van der Waals surface area contributed by atoms with Gasteiger partial charge >= 0.3 is 0 Å². The Morgan fingerprint density at radius 1 is 1.29 bits per heavy atom. The largest absolute Gasteiger partial charge is 0.494 e. The zero-order valence-corrected chi connectivity index (χ0v) is 10.1. The second kappa shape index (κ2) is 6.60. The van der Waals surface area contributed by atoms with Gasteiger partial charge in [0.1, 0.15) is 11.6 Å². The van der Waals surface area contributed by atoms with Crippen molar-refractivity contribution < 1.29 is 9.13 Å². The van der Waals surface area contributed by atoms with E-state index in [1.165, 1.54) is 37.9 Å². The highest BCUT2D eigenvalue weighted by Crippen LogP contribution is 2.17. The predicted molar refractivity (Wildman–Crippen MR) is 66.7 cm³/mol. The Kier molecular flexibility index (Phi) is 4.80. The van der Waals surface area contributed by atoms with Crippen molar-refractivity contribution in [2.45, 2.75) is 25.7 Å². The van der Waals surface area contributed by atoms with Gasteiger partial charge in [-0.1, -0.05) is 0 Å². The molecule has 2 nitrogen and oxygen atoms in total. The van der Waals surface area contributed by atoms with E-state index in [4.69, 9.17) is 4.74 Å². The van der Waals surface area contributed by atoms with Gasteiger partial charge in [-0.05, 0) is 69.0 Å². The Morgan fingerprint density at radius 3 is 2.82 bits per heavy atom. The number of piperidine rings is 1. The van der Waals surface area contributed by atoms with Crippen LogP contribution in [0.15, 0.2) is 24.3 Å². The Bertz CT molecular complexity index is 319. The molecule has 0 saturated carbocycles. The summed E-state index contributed by atoms with van der Waals surface area (Å²) >= 11 is 0. The highest BCUT2D eigenvalue weighted by molar-refractivity contribution is 5.21. The fourth-order valence-electron chi connectivity index (χ4n) is 2.26. The van der Waals surface area contributed by atoms with E-state index >= 15 is 0 Å². The van der Waals surface area contributed by atoms with Gasteiger partial charge in [-0.25, -0.2) is 4.39 Å². The van der Waals surface area contributed by atoms with Crippen LogP contribution in [0.3, 0.4) is 0 Å². The molecule has 0 aromatic heterocycles. The highest BCUT2D eigenvalue weighted by Gasteiger charge is 2.11. The normalized spacial score (nSPS) is 20.2. The highest BCUT2D eigenvalue weighted by atomic mass is 19.1. The van der Waals surface area contributed by atoms with Gasteiger partial charge in [0.05, 0.1) is 6.61 Å². The molecule has 1 aromatic rings. The third-order valence-electron chi connectivity index (χ3n) is 3.24. The zero-order chi connectivity index (χ0) is 11.9. The number of nitrogens with one attached hydrogen (secondary N) is 1. The van der Waals surface area contributed by atoms with Crippen molar-refractivity contribution in [2.75, 3.05) is 19.7 Å². The third-order valence-corrected chi connectivity index (χ3v) is 3.24. The fraction of sp³-hybridized carbons (Fsp3) is 0.571. The second-order valence-corrected chi connectivity index (χ2v) is 4.66. The SMILES string of the molecule is Fc1ccc(OCCCC2CCCNC2)cc1. The lowest BCUT2D eigenvalue weighted by Gasteiger charge is -2.22. The average molecular weight is 237 g/mol. The van der Waals surface area contributed by atoms with E-state index in [9.17, 15) is 4.39 Å². The van der Waals surface area contributed by atoms with Crippen LogP contribution in [0.4, 0.5) is 4.39 Å². The van der Waals surface area contributed by atoms with Gasteiger partial charge in [0.15, 0.2) is 0 Å². The molecule has 0 aliphatic carbocycles. The van der Waals surface area contributed by atoms with E-state index in [1.54, 1.807) is 12.1 Å². The molecule has 0 amide bonds.